The lowest BCUT2D eigenvalue weighted by molar-refractivity contribution is 0.274. The minimum Gasteiger partial charge on any atom is -0.373 e. The van der Waals surface area contributed by atoms with Crippen molar-refractivity contribution in [2.75, 3.05) is 24.2 Å². The molecular formula is C17H30N4. The first kappa shape index (κ1) is 16.1. The molecule has 2 rings (SSSR count). The van der Waals surface area contributed by atoms with E-state index in [4.69, 9.17) is 0 Å². The van der Waals surface area contributed by atoms with Gasteiger partial charge in [-0.2, -0.15) is 0 Å². The van der Waals surface area contributed by atoms with Crippen LogP contribution in [0.4, 0.5) is 11.6 Å². The lowest BCUT2D eigenvalue weighted by Gasteiger charge is -2.26. The van der Waals surface area contributed by atoms with Crippen LogP contribution in [-0.2, 0) is 6.42 Å². The Balaban J connectivity index is 1.93. The molecule has 1 fully saturated rings. The summed E-state index contributed by atoms with van der Waals surface area (Å²) in [7, 11) is 1.92. The van der Waals surface area contributed by atoms with E-state index in [2.05, 4.69) is 41.4 Å². The van der Waals surface area contributed by atoms with Gasteiger partial charge in [-0.1, -0.05) is 33.1 Å². The molecule has 4 nitrogen and oxygen atoms in total. The summed E-state index contributed by atoms with van der Waals surface area (Å²) in [6.07, 6.45) is 7.74. The first-order valence-electron chi connectivity index (χ1n) is 8.43. The summed E-state index contributed by atoms with van der Waals surface area (Å²) in [5.41, 5.74) is 1.12. The Morgan fingerprint density at radius 1 is 1.19 bits per heavy atom. The van der Waals surface area contributed by atoms with Gasteiger partial charge in [-0.25, -0.2) is 9.97 Å². The second-order valence-electron chi connectivity index (χ2n) is 6.42. The Morgan fingerprint density at radius 2 is 1.95 bits per heavy atom. The van der Waals surface area contributed by atoms with Crippen LogP contribution in [0.25, 0.3) is 0 Å². The highest BCUT2D eigenvalue weighted by Gasteiger charge is 2.18. The van der Waals surface area contributed by atoms with Crippen LogP contribution in [0.5, 0.6) is 0 Å². The summed E-state index contributed by atoms with van der Waals surface area (Å²) in [6, 6.07) is 0. The highest BCUT2D eigenvalue weighted by atomic mass is 15.1. The van der Waals surface area contributed by atoms with Crippen LogP contribution < -0.4 is 10.6 Å². The third-order valence-corrected chi connectivity index (χ3v) is 4.64. The molecule has 0 aromatic carbocycles. The van der Waals surface area contributed by atoms with Crippen LogP contribution in [0.15, 0.2) is 0 Å². The second-order valence-corrected chi connectivity index (χ2v) is 6.42. The quantitative estimate of drug-likeness (QED) is 0.831. The molecular weight excluding hydrogens is 260 g/mol. The number of hydrogen-bond acceptors (Lipinski definition) is 4. The van der Waals surface area contributed by atoms with Crippen molar-refractivity contribution >= 4 is 11.6 Å². The number of aromatic nitrogens is 2. The van der Waals surface area contributed by atoms with Gasteiger partial charge in [0.25, 0.3) is 0 Å². The largest absolute Gasteiger partial charge is 0.373 e. The monoisotopic (exact) mass is 290 g/mol. The zero-order valence-electron chi connectivity index (χ0n) is 14.0. The van der Waals surface area contributed by atoms with Gasteiger partial charge < -0.3 is 10.6 Å². The Bertz CT molecular complexity index is 458. The minimum absolute atomic E-state index is 0.865. The maximum absolute atomic E-state index is 4.63. The standard InChI is InChI=1S/C17H30N4/c1-5-15-20-16(18-4)13(3)17(21-15)19-10-9-14-8-6-7-12(2)11-14/h12,14H,5-11H2,1-4H3,(H2,18,19,20,21). The van der Waals surface area contributed by atoms with Crippen molar-refractivity contribution < 1.29 is 0 Å². The van der Waals surface area contributed by atoms with Crippen molar-refractivity contribution in [1.82, 2.24) is 9.97 Å². The third-order valence-electron chi connectivity index (χ3n) is 4.64. The molecule has 1 aromatic rings. The van der Waals surface area contributed by atoms with Gasteiger partial charge in [0.1, 0.15) is 17.5 Å². The van der Waals surface area contributed by atoms with E-state index >= 15 is 0 Å². The Hall–Kier alpha value is -1.32. The van der Waals surface area contributed by atoms with E-state index in [9.17, 15) is 0 Å². The number of rotatable bonds is 6. The molecule has 2 N–H and O–H groups in total. The molecule has 0 spiro atoms. The molecule has 2 atom stereocenters. The Morgan fingerprint density at radius 3 is 2.62 bits per heavy atom. The summed E-state index contributed by atoms with van der Waals surface area (Å²) in [5.74, 6) is 4.63. The zero-order chi connectivity index (χ0) is 15.2. The van der Waals surface area contributed by atoms with E-state index in [1.165, 1.54) is 32.1 Å². The van der Waals surface area contributed by atoms with Crippen molar-refractivity contribution in [2.45, 2.75) is 59.3 Å². The fraction of sp³-hybridized carbons (Fsp3) is 0.765. The van der Waals surface area contributed by atoms with Gasteiger partial charge in [0, 0.05) is 25.6 Å². The van der Waals surface area contributed by atoms with Crippen molar-refractivity contribution in [3.63, 3.8) is 0 Å². The number of aryl methyl sites for hydroxylation is 1. The van der Waals surface area contributed by atoms with Gasteiger partial charge in [0.2, 0.25) is 0 Å². The van der Waals surface area contributed by atoms with Crippen molar-refractivity contribution in [3.8, 4) is 0 Å². The van der Waals surface area contributed by atoms with Gasteiger partial charge in [0.05, 0.1) is 0 Å². The molecule has 0 radical (unpaired) electrons. The van der Waals surface area contributed by atoms with E-state index in [-0.39, 0.29) is 0 Å². The Kier molecular flexibility index (Phi) is 5.83. The summed E-state index contributed by atoms with van der Waals surface area (Å²) in [4.78, 5) is 9.15. The lowest BCUT2D eigenvalue weighted by atomic mass is 9.81. The van der Waals surface area contributed by atoms with Crippen molar-refractivity contribution in [1.29, 1.82) is 0 Å². The predicted molar refractivity (Wildman–Crippen MR) is 89.9 cm³/mol. The molecule has 1 saturated carbocycles. The molecule has 2 unspecified atom stereocenters. The van der Waals surface area contributed by atoms with Crippen LogP contribution in [-0.4, -0.2) is 23.6 Å². The number of anilines is 2. The minimum atomic E-state index is 0.865. The highest BCUT2D eigenvalue weighted by Crippen LogP contribution is 2.30. The van der Waals surface area contributed by atoms with E-state index < -0.39 is 0 Å². The fourth-order valence-electron chi connectivity index (χ4n) is 3.35. The molecule has 0 amide bonds. The summed E-state index contributed by atoms with van der Waals surface area (Å²) >= 11 is 0. The van der Waals surface area contributed by atoms with Crippen LogP contribution >= 0.6 is 0 Å². The molecule has 21 heavy (non-hydrogen) atoms. The first-order valence-corrected chi connectivity index (χ1v) is 8.43. The summed E-state index contributed by atoms with van der Waals surface area (Å²) in [6.45, 7) is 7.58. The SMILES string of the molecule is CCc1nc(NC)c(C)c(NCCC2CCCC(C)C2)n1. The second kappa shape index (κ2) is 7.62. The molecule has 0 aliphatic heterocycles. The predicted octanol–water partition coefficient (Wildman–Crippen LogP) is 4.02. The highest BCUT2D eigenvalue weighted by molar-refractivity contribution is 5.56. The van der Waals surface area contributed by atoms with Gasteiger partial charge in [-0.05, 0) is 31.6 Å². The Labute approximate surface area is 129 Å². The number of nitrogens with one attached hydrogen (secondary N) is 2. The van der Waals surface area contributed by atoms with Crippen LogP contribution in [0.1, 0.15) is 57.3 Å². The normalized spacial score (nSPS) is 22.1. The van der Waals surface area contributed by atoms with E-state index in [1.54, 1.807) is 0 Å². The van der Waals surface area contributed by atoms with Crippen LogP contribution in [0.2, 0.25) is 0 Å². The lowest BCUT2D eigenvalue weighted by Crippen LogP contribution is -2.17. The topological polar surface area (TPSA) is 49.8 Å². The van der Waals surface area contributed by atoms with Gasteiger partial charge in [0.15, 0.2) is 0 Å². The van der Waals surface area contributed by atoms with Crippen molar-refractivity contribution in [3.05, 3.63) is 11.4 Å². The van der Waals surface area contributed by atoms with Gasteiger partial charge in [-0.15, -0.1) is 0 Å². The van der Waals surface area contributed by atoms with Gasteiger partial charge >= 0.3 is 0 Å². The van der Waals surface area contributed by atoms with Crippen LogP contribution in [0.3, 0.4) is 0 Å². The summed E-state index contributed by atoms with van der Waals surface area (Å²) in [5, 5.41) is 6.70. The molecule has 1 aromatic heterocycles. The maximum atomic E-state index is 4.63. The number of nitrogens with zero attached hydrogens (tertiary/aromatic N) is 2. The molecule has 4 heteroatoms. The van der Waals surface area contributed by atoms with E-state index in [0.29, 0.717) is 0 Å². The van der Waals surface area contributed by atoms with E-state index in [1.807, 2.05) is 7.05 Å². The molecule has 1 heterocycles. The number of hydrogen-bond donors (Lipinski definition) is 2. The average molecular weight is 290 g/mol. The molecule has 0 bridgehead atoms. The fourth-order valence-corrected chi connectivity index (χ4v) is 3.35. The molecule has 0 saturated heterocycles. The first-order chi connectivity index (χ1) is 10.1. The van der Waals surface area contributed by atoms with E-state index in [0.717, 1.165) is 47.8 Å². The van der Waals surface area contributed by atoms with Crippen LogP contribution in [0, 0.1) is 18.8 Å². The smallest absolute Gasteiger partial charge is 0.134 e. The van der Waals surface area contributed by atoms with Gasteiger partial charge in [-0.3, -0.25) is 0 Å². The average Bonchev–Trinajstić information content (AvgIpc) is 2.49. The molecule has 1 aliphatic carbocycles. The van der Waals surface area contributed by atoms with Crippen molar-refractivity contribution in [2.24, 2.45) is 11.8 Å². The summed E-state index contributed by atoms with van der Waals surface area (Å²) < 4.78 is 0. The molecule has 118 valence electrons. The maximum Gasteiger partial charge on any atom is 0.134 e. The third kappa shape index (κ3) is 4.32. The zero-order valence-corrected chi connectivity index (χ0v) is 14.0. The molecule has 1 aliphatic rings.